The Kier molecular flexibility index (Phi) is 5.28. The highest BCUT2D eigenvalue weighted by atomic mass is 16.6. The molecule has 1 fully saturated rings. The van der Waals surface area contributed by atoms with Gasteiger partial charge in [0.15, 0.2) is 0 Å². The number of aliphatic hydroxyl groups is 1. The largest absolute Gasteiger partial charge is 0.669 e. The highest BCUT2D eigenvalue weighted by Gasteiger charge is 2.43. The first-order chi connectivity index (χ1) is 13.4. The molecule has 0 aromatic heterocycles. The average molecular weight is 409 g/mol. The minimum absolute atomic E-state index is 0.0133. The normalized spacial score (nSPS) is 25.3. The molecule has 2 aliphatic rings. The molecular formula is C18H26BN2O8-. The number of amides is 1. The van der Waals surface area contributed by atoms with E-state index in [0.29, 0.717) is 5.56 Å². The summed E-state index contributed by atoms with van der Waals surface area (Å²) in [6, 6.07) is 3.16. The van der Waals surface area contributed by atoms with Gasteiger partial charge < -0.3 is 40.3 Å². The lowest BCUT2D eigenvalue weighted by molar-refractivity contribution is -0.146. The molecule has 3 rings (SSSR count). The van der Waals surface area contributed by atoms with E-state index in [2.05, 4.69) is 0 Å². The Balaban J connectivity index is 1.82. The van der Waals surface area contributed by atoms with E-state index in [1.807, 2.05) is 0 Å². The van der Waals surface area contributed by atoms with Crippen LogP contribution in [0.5, 0.6) is 11.5 Å². The summed E-state index contributed by atoms with van der Waals surface area (Å²) in [4.78, 5) is 25.5. The SMILES string of the molecule is C[C@@H]1c2ccc(OC3CN(C(=O)C(C)(N)CO)C3)c(C(=O)O)c2O[B-](O)(O)[C@@H]1C. The number of nitrogens with zero attached hydrogens (tertiary/aromatic N) is 1. The van der Waals surface area contributed by atoms with Gasteiger partial charge in [-0.05, 0) is 24.5 Å². The topological polar surface area (TPSA) is 163 Å². The number of carboxylic acid groups (broad SMARTS) is 1. The number of hydrogen-bond donors (Lipinski definition) is 5. The molecule has 1 aromatic rings. The summed E-state index contributed by atoms with van der Waals surface area (Å²) in [5.41, 5.74) is 4.60. The highest BCUT2D eigenvalue weighted by Crippen LogP contribution is 2.48. The summed E-state index contributed by atoms with van der Waals surface area (Å²) in [7, 11) is 0. The first-order valence-electron chi connectivity index (χ1n) is 9.43. The van der Waals surface area contributed by atoms with Crippen LogP contribution < -0.4 is 15.1 Å². The van der Waals surface area contributed by atoms with Crippen LogP contribution in [0, 0.1) is 0 Å². The number of carbonyl (C=O) groups is 2. The fraction of sp³-hybridized carbons (Fsp3) is 0.556. The number of aromatic carboxylic acids is 1. The Morgan fingerprint density at radius 3 is 2.52 bits per heavy atom. The van der Waals surface area contributed by atoms with Gasteiger partial charge >= 0.3 is 12.7 Å². The molecule has 2 aliphatic heterocycles. The lowest BCUT2D eigenvalue weighted by Gasteiger charge is -2.46. The quantitative estimate of drug-likeness (QED) is 0.403. The van der Waals surface area contributed by atoms with E-state index in [1.165, 1.54) is 17.9 Å². The molecule has 1 aromatic carbocycles. The van der Waals surface area contributed by atoms with Crippen molar-refractivity contribution in [2.24, 2.45) is 5.73 Å². The Morgan fingerprint density at radius 2 is 1.97 bits per heavy atom. The lowest BCUT2D eigenvalue weighted by Crippen LogP contribution is -2.64. The second-order valence-corrected chi connectivity index (χ2v) is 8.21. The van der Waals surface area contributed by atoms with Crippen molar-refractivity contribution in [2.75, 3.05) is 19.7 Å². The summed E-state index contributed by atoms with van der Waals surface area (Å²) in [5.74, 6) is -2.81. The molecule has 1 saturated heterocycles. The summed E-state index contributed by atoms with van der Waals surface area (Å²) in [6.45, 7) is 1.45. The fourth-order valence-corrected chi connectivity index (χ4v) is 3.59. The molecule has 0 aliphatic carbocycles. The van der Waals surface area contributed by atoms with Crippen LogP contribution in [0.15, 0.2) is 12.1 Å². The van der Waals surface area contributed by atoms with Crippen molar-refractivity contribution < 1.29 is 39.2 Å². The smallest absolute Gasteiger partial charge is 0.433 e. The summed E-state index contributed by atoms with van der Waals surface area (Å²) in [5, 5.41) is 39.3. The second-order valence-electron chi connectivity index (χ2n) is 8.21. The summed E-state index contributed by atoms with van der Waals surface area (Å²) in [6.07, 6.45) is -0.469. The van der Waals surface area contributed by atoms with Crippen LogP contribution in [-0.4, -0.2) is 75.1 Å². The van der Waals surface area contributed by atoms with Crippen molar-refractivity contribution >= 4 is 18.6 Å². The van der Waals surface area contributed by atoms with Crippen molar-refractivity contribution in [3.8, 4) is 11.5 Å². The molecule has 1 unspecified atom stereocenters. The van der Waals surface area contributed by atoms with Gasteiger partial charge in [-0.3, -0.25) is 4.79 Å². The third-order valence-corrected chi connectivity index (χ3v) is 5.87. The van der Waals surface area contributed by atoms with Crippen molar-refractivity contribution in [2.45, 2.75) is 44.1 Å². The number of ether oxygens (including phenoxy) is 1. The maximum absolute atomic E-state index is 12.2. The van der Waals surface area contributed by atoms with Crippen LogP contribution in [0.4, 0.5) is 0 Å². The molecule has 6 N–H and O–H groups in total. The number of aliphatic hydroxyl groups excluding tert-OH is 1. The molecule has 2 heterocycles. The number of hydrogen-bond acceptors (Lipinski definition) is 8. The van der Waals surface area contributed by atoms with Crippen LogP contribution >= 0.6 is 0 Å². The third-order valence-electron chi connectivity index (χ3n) is 5.87. The molecule has 3 atom stereocenters. The van der Waals surface area contributed by atoms with Gasteiger partial charge in [-0.25, -0.2) is 4.79 Å². The standard InChI is InChI=1S/C18H26BN2O8/c1-9-10(2)19(26,27)29-15-12(9)4-5-13(14(15)16(23)24)28-11-6-21(7-11)17(25)18(3,20)8-22/h4-5,9-11,22,26-27H,6-8,20H2,1-3H3,(H,23,24)/q-1/t9-,10+,18?/m0/s1. The third kappa shape index (κ3) is 3.66. The molecule has 1 amide bonds. The second kappa shape index (κ2) is 7.17. The predicted molar refractivity (Wildman–Crippen MR) is 103 cm³/mol. The van der Waals surface area contributed by atoms with Gasteiger partial charge in [0.05, 0.1) is 25.4 Å². The van der Waals surface area contributed by atoms with E-state index in [0.717, 1.165) is 0 Å². The number of likely N-dealkylation sites (tertiary alicyclic amines) is 1. The summed E-state index contributed by atoms with van der Waals surface area (Å²) < 4.78 is 11.0. The van der Waals surface area contributed by atoms with Crippen molar-refractivity contribution in [1.82, 2.24) is 4.90 Å². The number of fused-ring (bicyclic) bond motifs is 1. The zero-order valence-electron chi connectivity index (χ0n) is 16.5. The Bertz CT molecular complexity index is 837. The molecule has 0 spiro atoms. The van der Waals surface area contributed by atoms with Crippen LogP contribution in [-0.2, 0) is 4.79 Å². The average Bonchev–Trinajstić information content (AvgIpc) is 2.61. The van der Waals surface area contributed by atoms with Gasteiger partial charge in [-0.1, -0.05) is 25.7 Å². The van der Waals surface area contributed by atoms with Crippen LogP contribution in [0.25, 0.3) is 0 Å². The number of nitrogens with two attached hydrogens (primary N) is 1. The monoisotopic (exact) mass is 409 g/mol. The van der Waals surface area contributed by atoms with Gasteiger partial charge in [0.25, 0.3) is 0 Å². The number of carbonyl (C=O) groups excluding carboxylic acids is 1. The zero-order valence-corrected chi connectivity index (χ0v) is 16.5. The molecule has 0 saturated carbocycles. The van der Waals surface area contributed by atoms with E-state index in [-0.39, 0.29) is 36.1 Å². The lowest BCUT2D eigenvalue weighted by atomic mass is 9.56. The predicted octanol–water partition coefficient (Wildman–Crippen LogP) is -0.506. The van der Waals surface area contributed by atoms with E-state index < -0.39 is 42.7 Å². The first kappa shape index (κ1) is 21.4. The van der Waals surface area contributed by atoms with E-state index >= 15 is 0 Å². The molecule has 0 bridgehead atoms. The minimum Gasteiger partial charge on any atom is -0.669 e. The van der Waals surface area contributed by atoms with Crippen LogP contribution in [0.2, 0.25) is 5.82 Å². The molecule has 160 valence electrons. The van der Waals surface area contributed by atoms with Gasteiger partial charge in [-0.2, -0.15) is 0 Å². The Morgan fingerprint density at radius 1 is 1.34 bits per heavy atom. The maximum Gasteiger partial charge on any atom is 0.433 e. The highest BCUT2D eigenvalue weighted by molar-refractivity contribution is 6.61. The van der Waals surface area contributed by atoms with E-state index in [4.69, 9.17) is 15.1 Å². The van der Waals surface area contributed by atoms with E-state index in [9.17, 15) is 29.9 Å². The zero-order chi connectivity index (χ0) is 21.7. The first-order valence-corrected chi connectivity index (χ1v) is 9.43. The molecular weight excluding hydrogens is 383 g/mol. The van der Waals surface area contributed by atoms with Crippen molar-refractivity contribution in [3.05, 3.63) is 23.3 Å². The number of benzene rings is 1. The summed E-state index contributed by atoms with van der Waals surface area (Å²) >= 11 is 0. The Hall–Kier alpha value is -2.34. The fourth-order valence-electron chi connectivity index (χ4n) is 3.59. The van der Waals surface area contributed by atoms with Crippen molar-refractivity contribution in [3.63, 3.8) is 0 Å². The maximum atomic E-state index is 12.2. The molecule has 0 radical (unpaired) electrons. The minimum atomic E-state index is -3.23. The Labute approximate surface area is 167 Å². The van der Waals surface area contributed by atoms with Gasteiger partial charge in [0, 0.05) is 0 Å². The van der Waals surface area contributed by atoms with Gasteiger partial charge in [0.1, 0.15) is 23.0 Å². The van der Waals surface area contributed by atoms with Gasteiger partial charge in [-0.15, -0.1) is 0 Å². The molecule has 11 heteroatoms. The van der Waals surface area contributed by atoms with Crippen LogP contribution in [0.3, 0.4) is 0 Å². The molecule has 29 heavy (non-hydrogen) atoms. The van der Waals surface area contributed by atoms with E-state index in [1.54, 1.807) is 19.9 Å². The van der Waals surface area contributed by atoms with Crippen LogP contribution in [0.1, 0.15) is 42.6 Å². The number of carboxylic acids is 1. The van der Waals surface area contributed by atoms with Gasteiger partial charge in [0.2, 0.25) is 5.91 Å². The van der Waals surface area contributed by atoms with Crippen molar-refractivity contribution in [1.29, 1.82) is 0 Å². The molecule has 10 nitrogen and oxygen atoms in total. The number of rotatable bonds is 5.